The Labute approximate surface area is 86.3 Å². The lowest BCUT2D eigenvalue weighted by Gasteiger charge is -2.04. The molecule has 14 heavy (non-hydrogen) atoms. The van der Waals surface area contributed by atoms with Crippen LogP contribution in [-0.4, -0.2) is 16.8 Å². The quantitative estimate of drug-likeness (QED) is 0.784. The van der Waals surface area contributed by atoms with Crippen LogP contribution in [-0.2, 0) is 4.79 Å². The van der Waals surface area contributed by atoms with Crippen molar-refractivity contribution in [3.63, 3.8) is 0 Å². The first kappa shape index (κ1) is 10.9. The van der Waals surface area contributed by atoms with Gasteiger partial charge in [-0.15, -0.1) is 11.6 Å². The number of halogens is 2. The number of carbonyl (C=O) groups is 1. The maximum absolute atomic E-state index is 13.0. The molecule has 0 aliphatic heterocycles. The summed E-state index contributed by atoms with van der Waals surface area (Å²) in [4.78, 5) is 14.7. The van der Waals surface area contributed by atoms with Crippen LogP contribution in [0.15, 0.2) is 18.5 Å². The summed E-state index contributed by atoms with van der Waals surface area (Å²) in [7, 11) is 0. The molecule has 0 radical (unpaired) electrons. The van der Waals surface area contributed by atoms with Crippen molar-refractivity contribution in [3.05, 3.63) is 24.3 Å². The van der Waals surface area contributed by atoms with Crippen LogP contribution >= 0.6 is 11.6 Å². The van der Waals surface area contributed by atoms with E-state index in [9.17, 15) is 9.18 Å². The molecule has 1 amide bonds. The molecule has 0 aromatic carbocycles. The Kier molecular flexibility index (Phi) is 4.32. The molecule has 0 bridgehead atoms. The molecule has 1 N–H and O–H groups in total. The third kappa shape index (κ3) is 3.30. The topological polar surface area (TPSA) is 42.0 Å². The summed E-state index contributed by atoms with van der Waals surface area (Å²) < 4.78 is 13.0. The van der Waals surface area contributed by atoms with Gasteiger partial charge in [0.25, 0.3) is 0 Å². The number of carbonyl (C=O) groups excluding carboxylic acids is 1. The summed E-state index contributed by atoms with van der Waals surface area (Å²) in [5, 5.41) is 2.43. The van der Waals surface area contributed by atoms with Crippen LogP contribution < -0.4 is 5.32 Å². The van der Waals surface area contributed by atoms with E-state index in [1.165, 1.54) is 12.3 Å². The first-order valence-corrected chi connectivity index (χ1v) is 4.73. The normalized spacial score (nSPS) is 9.86. The van der Waals surface area contributed by atoms with Gasteiger partial charge in [-0.25, -0.2) is 4.39 Å². The minimum absolute atomic E-state index is 0.152. The Morgan fingerprint density at radius 1 is 1.64 bits per heavy atom. The van der Waals surface area contributed by atoms with Crippen molar-refractivity contribution in [1.82, 2.24) is 4.98 Å². The van der Waals surface area contributed by atoms with Gasteiger partial charge in [-0.1, -0.05) is 0 Å². The van der Waals surface area contributed by atoms with Gasteiger partial charge in [-0.05, 0) is 12.5 Å². The predicted octanol–water partition coefficient (Wildman–Crippen LogP) is 2.18. The molecule has 0 saturated carbocycles. The summed E-state index contributed by atoms with van der Waals surface area (Å²) in [5.41, 5.74) is 0.152. The van der Waals surface area contributed by atoms with E-state index in [1.54, 1.807) is 0 Å². The van der Waals surface area contributed by atoms with Crippen molar-refractivity contribution < 1.29 is 9.18 Å². The molecule has 1 aromatic heterocycles. The third-order valence-electron chi connectivity index (χ3n) is 1.58. The van der Waals surface area contributed by atoms with Gasteiger partial charge < -0.3 is 5.32 Å². The molecule has 0 fully saturated rings. The van der Waals surface area contributed by atoms with Crippen molar-refractivity contribution in [2.45, 2.75) is 12.8 Å². The molecule has 0 saturated heterocycles. The molecule has 0 atom stereocenters. The highest BCUT2D eigenvalue weighted by Crippen LogP contribution is 2.11. The third-order valence-corrected chi connectivity index (χ3v) is 1.85. The van der Waals surface area contributed by atoms with Crippen molar-refractivity contribution in [1.29, 1.82) is 0 Å². The Morgan fingerprint density at radius 3 is 3.07 bits per heavy atom. The van der Waals surface area contributed by atoms with E-state index in [0.717, 1.165) is 6.20 Å². The SMILES string of the molecule is O=C(CCCCl)Nc1ccncc1F. The maximum atomic E-state index is 13.0. The summed E-state index contributed by atoms with van der Waals surface area (Å²) in [6.45, 7) is 0. The van der Waals surface area contributed by atoms with Crippen LogP contribution in [0.3, 0.4) is 0 Å². The van der Waals surface area contributed by atoms with Crippen molar-refractivity contribution in [2.75, 3.05) is 11.2 Å². The van der Waals surface area contributed by atoms with Crippen molar-refractivity contribution in [2.24, 2.45) is 0 Å². The Morgan fingerprint density at radius 2 is 2.43 bits per heavy atom. The molecule has 76 valence electrons. The monoisotopic (exact) mass is 216 g/mol. The molecule has 1 rings (SSSR count). The minimum Gasteiger partial charge on any atom is -0.324 e. The van der Waals surface area contributed by atoms with E-state index in [1.807, 2.05) is 0 Å². The van der Waals surface area contributed by atoms with Gasteiger partial charge in [0.2, 0.25) is 5.91 Å². The molecule has 0 spiro atoms. The Hall–Kier alpha value is -1.16. The number of anilines is 1. The minimum atomic E-state index is -0.535. The van der Waals surface area contributed by atoms with E-state index in [4.69, 9.17) is 11.6 Å². The molecule has 0 unspecified atom stereocenters. The Bertz CT molecular complexity index is 319. The molecule has 1 aromatic rings. The smallest absolute Gasteiger partial charge is 0.224 e. The maximum Gasteiger partial charge on any atom is 0.224 e. The number of alkyl halides is 1. The van der Waals surface area contributed by atoms with Gasteiger partial charge in [-0.2, -0.15) is 0 Å². The predicted molar refractivity (Wildman–Crippen MR) is 52.8 cm³/mol. The Balaban J connectivity index is 2.52. The molecule has 0 aliphatic rings. The lowest BCUT2D eigenvalue weighted by atomic mass is 10.3. The number of pyridine rings is 1. The summed E-state index contributed by atoms with van der Waals surface area (Å²) >= 11 is 5.42. The standard InChI is InChI=1S/C9H10ClFN2O/c10-4-1-2-9(14)13-8-3-5-12-6-7(8)11/h3,5-6H,1-2,4H2,(H,12,13,14). The second kappa shape index (κ2) is 5.54. The highest BCUT2D eigenvalue weighted by Gasteiger charge is 2.05. The van der Waals surface area contributed by atoms with Crippen molar-refractivity contribution >= 4 is 23.2 Å². The number of hydrogen-bond acceptors (Lipinski definition) is 2. The van der Waals surface area contributed by atoms with E-state index in [0.29, 0.717) is 18.7 Å². The van der Waals surface area contributed by atoms with Gasteiger partial charge in [0.1, 0.15) is 0 Å². The molecule has 0 aliphatic carbocycles. The zero-order valence-electron chi connectivity index (χ0n) is 7.46. The number of hydrogen-bond donors (Lipinski definition) is 1. The van der Waals surface area contributed by atoms with E-state index < -0.39 is 5.82 Å². The van der Waals surface area contributed by atoms with Crippen LogP contribution in [0, 0.1) is 5.82 Å². The first-order chi connectivity index (χ1) is 6.74. The van der Waals surface area contributed by atoms with Crippen LogP contribution in [0.25, 0.3) is 0 Å². The lowest BCUT2D eigenvalue weighted by molar-refractivity contribution is -0.116. The average molecular weight is 217 g/mol. The fourth-order valence-electron chi connectivity index (χ4n) is 0.917. The molecular weight excluding hydrogens is 207 g/mol. The number of nitrogens with zero attached hydrogens (tertiary/aromatic N) is 1. The lowest BCUT2D eigenvalue weighted by Crippen LogP contribution is -2.12. The number of aromatic nitrogens is 1. The average Bonchev–Trinajstić information content (AvgIpc) is 2.18. The number of rotatable bonds is 4. The molecule has 1 heterocycles. The fourth-order valence-corrected chi connectivity index (χ4v) is 1.05. The first-order valence-electron chi connectivity index (χ1n) is 4.19. The van der Waals surface area contributed by atoms with E-state index in [2.05, 4.69) is 10.3 Å². The summed E-state index contributed by atoms with van der Waals surface area (Å²) in [6, 6.07) is 1.41. The van der Waals surface area contributed by atoms with Crippen LogP contribution in [0.5, 0.6) is 0 Å². The van der Waals surface area contributed by atoms with E-state index in [-0.39, 0.29) is 11.6 Å². The number of nitrogens with one attached hydrogen (secondary N) is 1. The van der Waals surface area contributed by atoms with E-state index >= 15 is 0 Å². The van der Waals surface area contributed by atoms with Crippen molar-refractivity contribution in [3.8, 4) is 0 Å². The second-order valence-electron chi connectivity index (χ2n) is 2.70. The summed E-state index contributed by atoms with van der Waals surface area (Å²) in [5.74, 6) is -0.353. The highest BCUT2D eigenvalue weighted by molar-refractivity contribution is 6.18. The largest absolute Gasteiger partial charge is 0.324 e. The fraction of sp³-hybridized carbons (Fsp3) is 0.333. The van der Waals surface area contributed by atoms with Gasteiger partial charge in [0.05, 0.1) is 11.9 Å². The molecule has 3 nitrogen and oxygen atoms in total. The molecule has 5 heteroatoms. The van der Waals surface area contributed by atoms with Crippen LogP contribution in [0.4, 0.5) is 10.1 Å². The van der Waals surface area contributed by atoms with Gasteiger partial charge in [0.15, 0.2) is 5.82 Å². The van der Waals surface area contributed by atoms with Gasteiger partial charge in [0, 0.05) is 18.5 Å². The van der Waals surface area contributed by atoms with Gasteiger partial charge in [-0.3, -0.25) is 9.78 Å². The highest BCUT2D eigenvalue weighted by atomic mass is 35.5. The zero-order chi connectivity index (χ0) is 10.4. The zero-order valence-corrected chi connectivity index (χ0v) is 8.22. The van der Waals surface area contributed by atoms with Crippen LogP contribution in [0.2, 0.25) is 0 Å². The number of amides is 1. The summed E-state index contributed by atoms with van der Waals surface area (Å²) in [6.07, 6.45) is 3.35. The molecular formula is C9H10ClFN2O. The van der Waals surface area contributed by atoms with Gasteiger partial charge >= 0.3 is 0 Å². The van der Waals surface area contributed by atoms with Crippen LogP contribution in [0.1, 0.15) is 12.8 Å². The second-order valence-corrected chi connectivity index (χ2v) is 3.07.